The van der Waals surface area contributed by atoms with Crippen LogP contribution in [-0.2, 0) is 13.0 Å². The number of ether oxygens (including phenoxy) is 3. The van der Waals surface area contributed by atoms with Gasteiger partial charge in [-0.05, 0) is 54.5 Å². The van der Waals surface area contributed by atoms with E-state index >= 15 is 0 Å². The topological polar surface area (TPSA) is 77.0 Å². The maximum Gasteiger partial charge on any atom is 0.231 e. The lowest BCUT2D eigenvalue weighted by Gasteiger charge is -2.13. The van der Waals surface area contributed by atoms with Gasteiger partial charge >= 0.3 is 0 Å². The number of nitrogens with zero attached hydrogens (tertiary/aromatic N) is 2. The lowest BCUT2D eigenvalue weighted by molar-refractivity contribution is 0.174. The maximum atomic E-state index is 5.75. The fraction of sp³-hybridized carbons (Fsp3) is 0.429. The van der Waals surface area contributed by atoms with Crippen molar-refractivity contribution in [3.8, 4) is 17.4 Å². The van der Waals surface area contributed by atoms with Gasteiger partial charge in [-0.25, -0.2) is 4.98 Å². The number of fused-ring (bicyclic) bond motifs is 1. The van der Waals surface area contributed by atoms with E-state index in [0.29, 0.717) is 19.2 Å². The van der Waals surface area contributed by atoms with E-state index in [9.17, 15) is 0 Å². The lowest BCUT2D eigenvalue weighted by Crippen LogP contribution is -2.37. The molecule has 1 aliphatic carbocycles. The molecule has 0 saturated heterocycles. The van der Waals surface area contributed by atoms with Gasteiger partial charge in [0.25, 0.3) is 0 Å². The van der Waals surface area contributed by atoms with Crippen molar-refractivity contribution in [3.05, 3.63) is 47.7 Å². The average molecular weight is 382 g/mol. The van der Waals surface area contributed by atoms with Crippen LogP contribution in [0.3, 0.4) is 0 Å². The van der Waals surface area contributed by atoms with Gasteiger partial charge in [-0.3, -0.25) is 4.99 Å². The third-order valence-corrected chi connectivity index (χ3v) is 4.79. The Hall–Kier alpha value is -2.96. The van der Waals surface area contributed by atoms with Crippen LogP contribution in [0.15, 0.2) is 41.5 Å². The zero-order chi connectivity index (χ0) is 19.2. The molecule has 2 N–H and O–H groups in total. The van der Waals surface area contributed by atoms with Crippen LogP contribution in [0, 0.1) is 5.92 Å². The molecule has 0 radical (unpaired) electrons. The van der Waals surface area contributed by atoms with Crippen LogP contribution < -0.4 is 24.8 Å². The van der Waals surface area contributed by atoms with Gasteiger partial charge < -0.3 is 24.8 Å². The number of pyridine rings is 1. The molecule has 1 fully saturated rings. The highest BCUT2D eigenvalue weighted by Crippen LogP contribution is 2.32. The molecule has 1 aromatic heterocycles. The zero-order valence-electron chi connectivity index (χ0n) is 16.1. The third kappa shape index (κ3) is 5.06. The summed E-state index contributed by atoms with van der Waals surface area (Å²) in [6, 6.07) is 10.0. The molecule has 4 rings (SSSR count). The van der Waals surface area contributed by atoms with Crippen LogP contribution in [0.4, 0.5) is 0 Å². The predicted molar refractivity (Wildman–Crippen MR) is 107 cm³/mol. The van der Waals surface area contributed by atoms with Crippen LogP contribution in [0.2, 0.25) is 0 Å². The number of benzene rings is 1. The number of hydrogen-bond donors (Lipinski definition) is 2. The molecular weight excluding hydrogens is 356 g/mol. The van der Waals surface area contributed by atoms with Gasteiger partial charge in [0.15, 0.2) is 17.5 Å². The lowest BCUT2D eigenvalue weighted by atomic mass is 10.1. The van der Waals surface area contributed by atoms with E-state index in [0.717, 1.165) is 48.5 Å². The summed E-state index contributed by atoms with van der Waals surface area (Å²) in [4.78, 5) is 8.56. The SMILES string of the molecule is CN=C(NCCc1ccc2c(c1)OCO2)NCc1ccnc(OCC2CC2)c1. The molecule has 0 spiro atoms. The Labute approximate surface area is 165 Å². The molecule has 0 amide bonds. The van der Waals surface area contributed by atoms with Crippen molar-refractivity contribution in [1.82, 2.24) is 15.6 Å². The third-order valence-electron chi connectivity index (χ3n) is 4.79. The van der Waals surface area contributed by atoms with E-state index in [2.05, 4.69) is 26.7 Å². The molecule has 148 valence electrons. The van der Waals surface area contributed by atoms with E-state index in [1.807, 2.05) is 24.3 Å². The Bertz CT molecular complexity index is 836. The Balaban J connectivity index is 1.22. The molecular formula is C21H26N4O3. The molecule has 1 aliphatic heterocycles. The van der Waals surface area contributed by atoms with E-state index < -0.39 is 0 Å². The Morgan fingerprint density at radius 2 is 2.04 bits per heavy atom. The van der Waals surface area contributed by atoms with Crippen LogP contribution in [0.5, 0.6) is 17.4 Å². The van der Waals surface area contributed by atoms with E-state index in [1.54, 1.807) is 13.2 Å². The van der Waals surface area contributed by atoms with E-state index in [4.69, 9.17) is 14.2 Å². The highest BCUT2D eigenvalue weighted by Gasteiger charge is 2.22. The van der Waals surface area contributed by atoms with Crippen LogP contribution in [0.1, 0.15) is 24.0 Å². The first-order chi connectivity index (χ1) is 13.8. The highest BCUT2D eigenvalue weighted by atomic mass is 16.7. The molecule has 0 bridgehead atoms. The summed E-state index contributed by atoms with van der Waals surface area (Å²) in [5, 5.41) is 6.67. The molecule has 2 heterocycles. The summed E-state index contributed by atoms with van der Waals surface area (Å²) >= 11 is 0. The molecule has 2 aliphatic rings. The number of guanidine groups is 1. The van der Waals surface area contributed by atoms with E-state index in [-0.39, 0.29) is 0 Å². The van der Waals surface area contributed by atoms with Crippen molar-refractivity contribution in [2.75, 3.05) is 27.0 Å². The Morgan fingerprint density at radius 3 is 2.89 bits per heavy atom. The van der Waals surface area contributed by atoms with Gasteiger partial charge in [0, 0.05) is 32.4 Å². The van der Waals surface area contributed by atoms with Crippen molar-refractivity contribution >= 4 is 5.96 Å². The second-order valence-corrected chi connectivity index (χ2v) is 7.05. The summed E-state index contributed by atoms with van der Waals surface area (Å²) in [6.45, 7) is 2.50. The quantitative estimate of drug-likeness (QED) is 0.540. The smallest absolute Gasteiger partial charge is 0.231 e. The van der Waals surface area contributed by atoms with Crippen molar-refractivity contribution in [3.63, 3.8) is 0 Å². The average Bonchev–Trinajstić information content (AvgIpc) is 3.44. The fourth-order valence-electron chi connectivity index (χ4n) is 2.96. The number of aromatic nitrogens is 1. The highest BCUT2D eigenvalue weighted by molar-refractivity contribution is 5.79. The van der Waals surface area contributed by atoms with Crippen molar-refractivity contribution < 1.29 is 14.2 Å². The molecule has 7 heteroatoms. The van der Waals surface area contributed by atoms with Gasteiger partial charge in [-0.15, -0.1) is 0 Å². The van der Waals surface area contributed by atoms with Gasteiger partial charge in [0.1, 0.15) is 0 Å². The van der Waals surface area contributed by atoms with Crippen molar-refractivity contribution in [2.45, 2.75) is 25.8 Å². The fourth-order valence-corrected chi connectivity index (χ4v) is 2.96. The largest absolute Gasteiger partial charge is 0.477 e. The zero-order valence-corrected chi connectivity index (χ0v) is 16.1. The first-order valence-corrected chi connectivity index (χ1v) is 9.71. The minimum Gasteiger partial charge on any atom is -0.477 e. The summed E-state index contributed by atoms with van der Waals surface area (Å²) < 4.78 is 16.5. The minimum atomic E-state index is 0.302. The predicted octanol–water partition coefficient (Wildman–Crippen LogP) is 2.51. The number of hydrogen-bond acceptors (Lipinski definition) is 5. The number of nitrogens with one attached hydrogen (secondary N) is 2. The molecule has 0 unspecified atom stereocenters. The maximum absolute atomic E-state index is 5.75. The standard InChI is InChI=1S/C21H26N4O3/c1-22-21(24-9-6-15-4-5-18-19(10-15)28-14-27-18)25-12-17-7-8-23-20(11-17)26-13-16-2-3-16/h4-5,7-8,10-11,16H,2-3,6,9,12-14H2,1H3,(H2,22,24,25). The first-order valence-electron chi connectivity index (χ1n) is 9.71. The van der Waals surface area contributed by atoms with Gasteiger partial charge in [-0.2, -0.15) is 0 Å². The molecule has 7 nitrogen and oxygen atoms in total. The minimum absolute atomic E-state index is 0.302. The second kappa shape index (κ2) is 8.82. The molecule has 0 atom stereocenters. The van der Waals surface area contributed by atoms with E-state index in [1.165, 1.54) is 18.4 Å². The van der Waals surface area contributed by atoms with Crippen LogP contribution >= 0.6 is 0 Å². The summed E-state index contributed by atoms with van der Waals surface area (Å²) in [6.07, 6.45) is 5.20. The number of rotatable bonds is 8. The monoisotopic (exact) mass is 382 g/mol. The van der Waals surface area contributed by atoms with Crippen LogP contribution in [0.25, 0.3) is 0 Å². The van der Waals surface area contributed by atoms with Crippen molar-refractivity contribution in [2.24, 2.45) is 10.9 Å². The number of aliphatic imine (C=N–C) groups is 1. The van der Waals surface area contributed by atoms with Gasteiger partial charge in [0.05, 0.1) is 6.61 Å². The van der Waals surface area contributed by atoms with Crippen molar-refractivity contribution in [1.29, 1.82) is 0 Å². The molecule has 2 aromatic rings. The summed E-state index contributed by atoms with van der Waals surface area (Å²) in [5.74, 6) is 3.80. The molecule has 1 saturated carbocycles. The van der Waals surface area contributed by atoms with Crippen LogP contribution in [-0.4, -0.2) is 37.9 Å². The second-order valence-electron chi connectivity index (χ2n) is 7.05. The first kappa shape index (κ1) is 18.4. The molecule has 1 aromatic carbocycles. The summed E-state index contributed by atoms with van der Waals surface area (Å²) in [7, 11) is 1.77. The Morgan fingerprint density at radius 1 is 1.14 bits per heavy atom. The van der Waals surface area contributed by atoms with Gasteiger partial charge in [0.2, 0.25) is 12.7 Å². The normalized spacial score (nSPS) is 15.4. The summed E-state index contributed by atoms with van der Waals surface area (Å²) in [5.41, 5.74) is 2.30. The Kier molecular flexibility index (Phi) is 5.80. The molecule has 28 heavy (non-hydrogen) atoms. The van der Waals surface area contributed by atoms with Gasteiger partial charge in [-0.1, -0.05) is 6.07 Å².